The number of rotatable bonds is 2. The Bertz CT molecular complexity index is 629. The van der Waals surface area contributed by atoms with Crippen LogP contribution in [-0.2, 0) is 0 Å². The summed E-state index contributed by atoms with van der Waals surface area (Å²) >= 11 is 11.0. The fourth-order valence-electron chi connectivity index (χ4n) is 2.62. The van der Waals surface area contributed by atoms with E-state index < -0.39 is 0 Å². The van der Waals surface area contributed by atoms with Crippen LogP contribution in [0.3, 0.4) is 0 Å². The number of amides is 1. The molecule has 1 fully saturated rings. The highest BCUT2D eigenvalue weighted by atomic mass is 79.9. The molecule has 1 aromatic heterocycles. The van der Waals surface area contributed by atoms with Crippen molar-refractivity contribution in [2.75, 3.05) is 6.54 Å². The fourth-order valence-corrected chi connectivity index (χ4v) is 3.82. The summed E-state index contributed by atoms with van der Waals surface area (Å²) in [5, 5.41) is 4.82. The van der Waals surface area contributed by atoms with Crippen LogP contribution in [0.2, 0.25) is 5.02 Å². The second-order valence-electron chi connectivity index (χ2n) is 4.84. The van der Waals surface area contributed by atoms with Gasteiger partial charge in [-0.1, -0.05) is 11.6 Å². The number of likely N-dealkylation sites (tertiary alicyclic amines) is 1. The Morgan fingerprint density at radius 2 is 2.25 bits per heavy atom. The van der Waals surface area contributed by atoms with Crippen LogP contribution in [0, 0.1) is 0 Å². The quantitative estimate of drug-likeness (QED) is 0.716. The number of hydrogen-bond acceptors (Lipinski definition) is 2. The van der Waals surface area contributed by atoms with Gasteiger partial charge in [-0.05, 0) is 69.4 Å². The monoisotopic (exact) mass is 369 g/mol. The molecule has 0 saturated carbocycles. The number of thiophene rings is 1. The van der Waals surface area contributed by atoms with E-state index in [0.717, 1.165) is 23.9 Å². The van der Waals surface area contributed by atoms with Crippen LogP contribution < -0.4 is 0 Å². The Kier molecular flexibility index (Phi) is 4.15. The largest absolute Gasteiger partial charge is 0.332 e. The first-order valence-corrected chi connectivity index (χ1v) is 8.56. The Hall–Kier alpha value is -0.840. The summed E-state index contributed by atoms with van der Waals surface area (Å²) in [6.07, 6.45) is 2.10. The van der Waals surface area contributed by atoms with Gasteiger partial charge in [-0.25, -0.2) is 0 Å². The molecule has 2 aromatic rings. The Morgan fingerprint density at radius 3 is 2.95 bits per heavy atom. The van der Waals surface area contributed by atoms with E-state index in [4.69, 9.17) is 11.6 Å². The molecule has 2 heterocycles. The predicted molar refractivity (Wildman–Crippen MR) is 86.5 cm³/mol. The van der Waals surface area contributed by atoms with Gasteiger partial charge < -0.3 is 4.90 Å². The van der Waals surface area contributed by atoms with E-state index in [1.54, 1.807) is 29.5 Å². The Labute approximate surface area is 135 Å². The lowest BCUT2D eigenvalue weighted by molar-refractivity contribution is 0.0736. The minimum Gasteiger partial charge on any atom is -0.332 e. The van der Waals surface area contributed by atoms with Crippen molar-refractivity contribution in [3.05, 3.63) is 55.6 Å². The molecule has 0 spiro atoms. The van der Waals surface area contributed by atoms with Crippen LogP contribution >= 0.6 is 38.9 Å². The third kappa shape index (κ3) is 2.65. The summed E-state index contributed by atoms with van der Waals surface area (Å²) in [5.41, 5.74) is 1.93. The lowest BCUT2D eigenvalue weighted by Gasteiger charge is -2.24. The number of carbonyl (C=O) groups excluding carboxylic acids is 1. The third-order valence-corrected chi connectivity index (χ3v) is 5.52. The number of halogens is 2. The minimum absolute atomic E-state index is 0.0797. The summed E-state index contributed by atoms with van der Waals surface area (Å²) in [6.45, 7) is 0.819. The summed E-state index contributed by atoms with van der Waals surface area (Å²) < 4.78 is 0.760. The molecule has 1 unspecified atom stereocenters. The van der Waals surface area contributed by atoms with Gasteiger partial charge in [0.15, 0.2) is 0 Å². The van der Waals surface area contributed by atoms with Crippen molar-refractivity contribution in [2.24, 2.45) is 0 Å². The normalized spacial score (nSPS) is 18.5. The van der Waals surface area contributed by atoms with Crippen molar-refractivity contribution < 1.29 is 4.79 Å². The molecule has 1 amide bonds. The second kappa shape index (κ2) is 5.88. The van der Waals surface area contributed by atoms with Gasteiger partial charge in [0, 0.05) is 16.6 Å². The molecule has 1 aliphatic heterocycles. The van der Waals surface area contributed by atoms with E-state index in [-0.39, 0.29) is 11.9 Å². The molecule has 20 heavy (non-hydrogen) atoms. The van der Waals surface area contributed by atoms with Crippen molar-refractivity contribution in [1.29, 1.82) is 0 Å². The van der Waals surface area contributed by atoms with Gasteiger partial charge in [-0.15, -0.1) is 0 Å². The number of carbonyl (C=O) groups is 1. The summed E-state index contributed by atoms with van der Waals surface area (Å²) in [5.74, 6) is 0.0797. The summed E-state index contributed by atoms with van der Waals surface area (Å²) in [6, 6.07) is 7.67. The lowest BCUT2D eigenvalue weighted by atomic mass is 10.1. The van der Waals surface area contributed by atoms with Crippen molar-refractivity contribution in [3.8, 4) is 0 Å². The number of benzene rings is 1. The van der Waals surface area contributed by atoms with Crippen molar-refractivity contribution in [2.45, 2.75) is 18.9 Å². The zero-order valence-corrected chi connectivity index (χ0v) is 13.8. The molecule has 1 aliphatic rings. The molecule has 1 aromatic carbocycles. The van der Waals surface area contributed by atoms with Gasteiger partial charge in [-0.2, -0.15) is 11.3 Å². The van der Waals surface area contributed by atoms with Crippen molar-refractivity contribution in [1.82, 2.24) is 4.90 Å². The molecule has 104 valence electrons. The van der Waals surface area contributed by atoms with Crippen LogP contribution in [0.15, 0.2) is 39.5 Å². The van der Waals surface area contributed by atoms with Crippen LogP contribution in [0.4, 0.5) is 0 Å². The Morgan fingerprint density at radius 1 is 1.40 bits per heavy atom. The van der Waals surface area contributed by atoms with Gasteiger partial charge in [0.2, 0.25) is 0 Å². The summed E-state index contributed by atoms with van der Waals surface area (Å²) in [4.78, 5) is 14.7. The van der Waals surface area contributed by atoms with Crippen molar-refractivity contribution >= 4 is 44.8 Å². The molecule has 0 N–H and O–H groups in total. The van der Waals surface area contributed by atoms with E-state index >= 15 is 0 Å². The van der Waals surface area contributed by atoms with Gasteiger partial charge in [0.05, 0.1) is 11.1 Å². The molecule has 0 bridgehead atoms. The molecule has 1 atom stereocenters. The fraction of sp³-hybridized carbons (Fsp3) is 0.267. The Balaban J connectivity index is 1.87. The molecule has 3 rings (SSSR count). The van der Waals surface area contributed by atoms with E-state index in [2.05, 4.69) is 32.8 Å². The molecule has 2 nitrogen and oxygen atoms in total. The molecule has 0 radical (unpaired) electrons. The van der Waals surface area contributed by atoms with Gasteiger partial charge >= 0.3 is 0 Å². The van der Waals surface area contributed by atoms with E-state index in [9.17, 15) is 4.79 Å². The first-order chi connectivity index (χ1) is 9.66. The first kappa shape index (κ1) is 14.1. The minimum atomic E-state index is 0.0797. The van der Waals surface area contributed by atoms with E-state index in [0.29, 0.717) is 10.6 Å². The lowest BCUT2D eigenvalue weighted by Crippen LogP contribution is -2.30. The highest BCUT2D eigenvalue weighted by molar-refractivity contribution is 9.10. The van der Waals surface area contributed by atoms with E-state index in [1.807, 2.05) is 4.90 Å². The maximum atomic E-state index is 12.7. The number of hydrogen-bond donors (Lipinski definition) is 0. The zero-order chi connectivity index (χ0) is 14.1. The molecule has 0 aliphatic carbocycles. The van der Waals surface area contributed by atoms with Gasteiger partial charge in [0.25, 0.3) is 5.91 Å². The zero-order valence-electron chi connectivity index (χ0n) is 10.7. The highest BCUT2D eigenvalue weighted by Crippen LogP contribution is 2.34. The number of nitrogens with zero attached hydrogens (tertiary/aromatic N) is 1. The molecular formula is C15H13BrClNOS. The average molecular weight is 371 g/mol. The maximum Gasteiger partial charge on any atom is 0.254 e. The van der Waals surface area contributed by atoms with Gasteiger partial charge in [0.1, 0.15) is 0 Å². The SMILES string of the molecule is O=C(c1ccc(Cl)c(Br)c1)N1CCCC1c1ccsc1. The average Bonchev–Trinajstić information content (AvgIpc) is 3.10. The second-order valence-corrected chi connectivity index (χ2v) is 6.88. The van der Waals surface area contributed by atoms with Crippen LogP contribution in [0.1, 0.15) is 34.8 Å². The molecule has 5 heteroatoms. The maximum absolute atomic E-state index is 12.7. The third-order valence-electron chi connectivity index (χ3n) is 3.61. The summed E-state index contributed by atoms with van der Waals surface area (Å²) in [7, 11) is 0. The van der Waals surface area contributed by atoms with Gasteiger partial charge in [-0.3, -0.25) is 4.79 Å². The standard InChI is InChI=1S/C15H13BrClNOS/c16-12-8-10(3-4-13(12)17)15(19)18-6-1-2-14(18)11-5-7-20-9-11/h3-5,7-9,14H,1-2,6H2. The smallest absolute Gasteiger partial charge is 0.254 e. The molecular weight excluding hydrogens is 358 g/mol. The van der Waals surface area contributed by atoms with Crippen molar-refractivity contribution in [3.63, 3.8) is 0 Å². The van der Waals surface area contributed by atoms with Crippen LogP contribution in [0.5, 0.6) is 0 Å². The highest BCUT2D eigenvalue weighted by Gasteiger charge is 2.30. The van der Waals surface area contributed by atoms with E-state index in [1.165, 1.54) is 5.56 Å². The van der Waals surface area contributed by atoms with Crippen LogP contribution in [0.25, 0.3) is 0 Å². The predicted octanol–water partition coefficient (Wildman–Crippen LogP) is 5.14. The first-order valence-electron chi connectivity index (χ1n) is 6.45. The topological polar surface area (TPSA) is 20.3 Å². The van der Waals surface area contributed by atoms with Crippen LogP contribution in [-0.4, -0.2) is 17.4 Å². The molecule has 1 saturated heterocycles.